The van der Waals surface area contributed by atoms with Crippen LogP contribution in [0.2, 0.25) is 10.0 Å². The van der Waals surface area contributed by atoms with Gasteiger partial charge in [0.2, 0.25) is 10.0 Å². The van der Waals surface area contributed by atoms with E-state index >= 15 is 0 Å². The third-order valence-corrected chi connectivity index (χ3v) is 3.86. The van der Waals surface area contributed by atoms with Gasteiger partial charge in [-0.25, -0.2) is 13.6 Å². The molecule has 0 saturated carbocycles. The summed E-state index contributed by atoms with van der Waals surface area (Å²) < 4.78 is 58.3. The Balaban J connectivity index is 3.15. The van der Waals surface area contributed by atoms with Gasteiger partial charge in [-0.3, -0.25) is 4.79 Å². The first-order chi connectivity index (χ1) is 8.92. The van der Waals surface area contributed by atoms with E-state index in [9.17, 15) is 26.4 Å². The number of hydrogen-bond acceptors (Lipinski definition) is 3. The minimum absolute atomic E-state index is 0.324. The lowest BCUT2D eigenvalue weighted by Crippen LogP contribution is -2.33. The van der Waals surface area contributed by atoms with Crippen molar-refractivity contribution in [1.82, 2.24) is 5.32 Å². The average Bonchev–Trinajstić information content (AvgIpc) is 2.26. The van der Waals surface area contributed by atoms with E-state index in [0.717, 1.165) is 12.1 Å². The molecule has 1 aromatic rings. The quantitative estimate of drug-likeness (QED) is 0.872. The summed E-state index contributed by atoms with van der Waals surface area (Å²) in [6, 6.07) is 1.68. The molecular formula is C9H7Cl2F3N2O3S. The molecule has 0 saturated heterocycles. The maximum Gasteiger partial charge on any atom is 0.405 e. The monoisotopic (exact) mass is 350 g/mol. The van der Waals surface area contributed by atoms with E-state index in [1.165, 1.54) is 0 Å². The number of amides is 1. The number of primary sulfonamides is 1. The molecule has 1 amide bonds. The Morgan fingerprint density at radius 2 is 1.85 bits per heavy atom. The third kappa shape index (κ3) is 4.51. The zero-order valence-electron chi connectivity index (χ0n) is 9.46. The molecule has 0 bridgehead atoms. The zero-order valence-corrected chi connectivity index (χ0v) is 11.8. The summed E-state index contributed by atoms with van der Waals surface area (Å²) in [6.45, 7) is -1.57. The standard InChI is InChI=1S/C9H7Cl2F3N2O3S/c10-5-1-4(8(17)16-3-9(12,13)14)2-6(7(5)11)20(15,18)19/h1-2H,3H2,(H,16,17)(H2,15,18,19). The molecule has 0 atom stereocenters. The second-order valence-corrected chi connectivity index (χ2v) is 5.93. The van der Waals surface area contributed by atoms with E-state index in [1.54, 1.807) is 5.32 Å². The van der Waals surface area contributed by atoms with Crippen LogP contribution in [0.25, 0.3) is 0 Å². The van der Waals surface area contributed by atoms with Crippen LogP contribution in [0.1, 0.15) is 10.4 Å². The van der Waals surface area contributed by atoms with Crippen molar-refractivity contribution in [2.45, 2.75) is 11.1 Å². The van der Waals surface area contributed by atoms with E-state index in [0.29, 0.717) is 0 Å². The van der Waals surface area contributed by atoms with Crippen molar-refractivity contribution >= 4 is 39.1 Å². The number of rotatable bonds is 3. The van der Waals surface area contributed by atoms with E-state index in [2.05, 4.69) is 0 Å². The Bertz CT molecular complexity index is 647. The number of nitrogens with one attached hydrogen (secondary N) is 1. The highest BCUT2D eigenvalue weighted by molar-refractivity contribution is 7.89. The van der Waals surface area contributed by atoms with E-state index in [-0.39, 0.29) is 5.02 Å². The van der Waals surface area contributed by atoms with Gasteiger partial charge in [-0.05, 0) is 12.1 Å². The summed E-state index contributed by atoms with van der Waals surface area (Å²) in [5.74, 6) is -1.16. The van der Waals surface area contributed by atoms with Crippen molar-refractivity contribution in [2.24, 2.45) is 5.14 Å². The third-order valence-electron chi connectivity index (χ3n) is 2.01. The Labute approximate surface area is 121 Å². The number of benzene rings is 1. The van der Waals surface area contributed by atoms with Crippen LogP contribution in [-0.2, 0) is 10.0 Å². The van der Waals surface area contributed by atoms with Gasteiger partial charge in [-0.2, -0.15) is 13.2 Å². The fourth-order valence-corrected chi connectivity index (χ4v) is 2.54. The Morgan fingerprint density at radius 3 is 2.30 bits per heavy atom. The minimum atomic E-state index is -4.60. The highest BCUT2D eigenvalue weighted by Gasteiger charge is 2.28. The van der Waals surface area contributed by atoms with Gasteiger partial charge in [-0.15, -0.1) is 0 Å². The molecule has 0 aromatic heterocycles. The van der Waals surface area contributed by atoms with Crippen LogP contribution in [0.15, 0.2) is 17.0 Å². The maximum absolute atomic E-state index is 12.0. The largest absolute Gasteiger partial charge is 0.405 e. The summed E-state index contributed by atoms with van der Waals surface area (Å²) in [4.78, 5) is 10.8. The molecule has 0 heterocycles. The first-order valence-electron chi connectivity index (χ1n) is 4.78. The van der Waals surface area contributed by atoms with Gasteiger partial charge in [-0.1, -0.05) is 23.2 Å². The summed E-state index contributed by atoms with van der Waals surface area (Å²) in [7, 11) is -4.27. The molecule has 5 nitrogen and oxygen atoms in total. The van der Waals surface area contributed by atoms with Crippen LogP contribution in [0.5, 0.6) is 0 Å². The van der Waals surface area contributed by atoms with Crippen molar-refractivity contribution in [2.75, 3.05) is 6.54 Å². The van der Waals surface area contributed by atoms with Gasteiger partial charge in [0.25, 0.3) is 5.91 Å². The van der Waals surface area contributed by atoms with Crippen LogP contribution in [0.4, 0.5) is 13.2 Å². The van der Waals surface area contributed by atoms with Gasteiger partial charge < -0.3 is 5.32 Å². The SMILES string of the molecule is NS(=O)(=O)c1cc(C(=O)NCC(F)(F)F)cc(Cl)c1Cl. The predicted octanol–water partition coefficient (Wildman–Crippen LogP) is 1.93. The molecule has 0 fully saturated rings. The van der Waals surface area contributed by atoms with Crippen LogP contribution in [0, 0.1) is 0 Å². The van der Waals surface area contributed by atoms with Gasteiger partial charge >= 0.3 is 6.18 Å². The maximum atomic E-state index is 12.0. The van der Waals surface area contributed by atoms with Crippen LogP contribution in [-0.4, -0.2) is 27.0 Å². The molecule has 1 aromatic carbocycles. The molecule has 0 radical (unpaired) electrons. The summed E-state index contributed by atoms with van der Waals surface area (Å²) in [5, 5.41) is 5.68. The Morgan fingerprint density at radius 1 is 1.30 bits per heavy atom. The summed E-state index contributed by atoms with van der Waals surface area (Å²) in [5.41, 5.74) is -0.410. The van der Waals surface area contributed by atoms with Crippen molar-refractivity contribution < 1.29 is 26.4 Å². The fourth-order valence-electron chi connectivity index (χ4n) is 1.18. The molecule has 0 aliphatic carbocycles. The molecule has 0 unspecified atom stereocenters. The van der Waals surface area contributed by atoms with Gasteiger partial charge in [0.05, 0.1) is 10.0 Å². The number of carbonyl (C=O) groups excluding carboxylic acids is 1. The second-order valence-electron chi connectivity index (χ2n) is 3.61. The van der Waals surface area contributed by atoms with Crippen molar-refractivity contribution in [3.05, 3.63) is 27.7 Å². The summed E-state index contributed by atoms with van der Waals surface area (Å²) >= 11 is 11.2. The number of carbonyl (C=O) groups is 1. The second kappa shape index (κ2) is 5.76. The van der Waals surface area contributed by atoms with E-state index < -0.39 is 44.1 Å². The highest BCUT2D eigenvalue weighted by Crippen LogP contribution is 2.30. The lowest BCUT2D eigenvalue weighted by Gasteiger charge is -2.10. The van der Waals surface area contributed by atoms with Gasteiger partial charge in [0.1, 0.15) is 11.4 Å². The molecule has 0 spiro atoms. The number of halogens is 5. The van der Waals surface area contributed by atoms with Crippen molar-refractivity contribution in [3.8, 4) is 0 Å². The average molecular weight is 351 g/mol. The topological polar surface area (TPSA) is 89.3 Å². The molecule has 20 heavy (non-hydrogen) atoms. The minimum Gasteiger partial charge on any atom is -0.343 e. The highest BCUT2D eigenvalue weighted by atomic mass is 35.5. The van der Waals surface area contributed by atoms with Crippen molar-refractivity contribution in [1.29, 1.82) is 0 Å². The molecule has 0 aliphatic heterocycles. The Kier molecular flexibility index (Phi) is 4.90. The lowest BCUT2D eigenvalue weighted by atomic mass is 10.2. The van der Waals surface area contributed by atoms with E-state index in [4.69, 9.17) is 28.3 Å². The number of nitrogens with two attached hydrogens (primary N) is 1. The molecule has 0 aliphatic rings. The number of alkyl halides is 3. The number of sulfonamides is 1. The Hall–Kier alpha value is -1.03. The van der Waals surface area contributed by atoms with Crippen LogP contribution < -0.4 is 10.5 Å². The molecular weight excluding hydrogens is 344 g/mol. The van der Waals surface area contributed by atoms with Crippen LogP contribution in [0.3, 0.4) is 0 Å². The first kappa shape index (κ1) is 17.0. The lowest BCUT2D eigenvalue weighted by molar-refractivity contribution is -0.123. The molecule has 1 rings (SSSR count). The van der Waals surface area contributed by atoms with Gasteiger partial charge in [0.15, 0.2) is 0 Å². The fraction of sp³-hybridized carbons (Fsp3) is 0.222. The molecule has 112 valence electrons. The first-order valence-corrected chi connectivity index (χ1v) is 7.09. The zero-order chi connectivity index (χ0) is 15.7. The van der Waals surface area contributed by atoms with E-state index in [1.807, 2.05) is 0 Å². The molecule has 3 N–H and O–H groups in total. The van der Waals surface area contributed by atoms with Gasteiger partial charge in [0, 0.05) is 5.56 Å². The normalized spacial score (nSPS) is 12.3. The van der Waals surface area contributed by atoms with Crippen LogP contribution >= 0.6 is 23.2 Å². The predicted molar refractivity (Wildman–Crippen MR) is 66.2 cm³/mol. The smallest absolute Gasteiger partial charge is 0.343 e. The summed E-state index contributed by atoms with van der Waals surface area (Å²) in [6.07, 6.45) is -4.60. The van der Waals surface area contributed by atoms with Crippen molar-refractivity contribution in [3.63, 3.8) is 0 Å². The molecule has 11 heteroatoms. The number of hydrogen-bond donors (Lipinski definition) is 2.